The fourth-order valence-corrected chi connectivity index (χ4v) is 2.17. The predicted octanol–water partition coefficient (Wildman–Crippen LogP) is 2.52. The van der Waals surface area contributed by atoms with E-state index in [1.807, 2.05) is 0 Å². The standard InChI is InChI=1S/C10H22BN/c1-10(2)7-9(11(3)4)5-6-12-8-10/h9,12H,5-8H2,1-4H3. The molecule has 1 heterocycles. The first kappa shape index (κ1) is 10.1. The van der Waals surface area contributed by atoms with Crippen LogP contribution in [0.25, 0.3) is 0 Å². The summed E-state index contributed by atoms with van der Waals surface area (Å²) < 4.78 is 0. The van der Waals surface area contributed by atoms with Crippen LogP contribution in [0.1, 0.15) is 26.7 Å². The molecule has 1 fully saturated rings. The zero-order chi connectivity index (χ0) is 9.19. The lowest BCUT2D eigenvalue weighted by atomic mass is 9.42. The lowest BCUT2D eigenvalue weighted by Gasteiger charge is -2.27. The average Bonchev–Trinajstić information content (AvgIpc) is 2.10. The van der Waals surface area contributed by atoms with Gasteiger partial charge in [0.15, 0.2) is 0 Å². The molecule has 0 aromatic rings. The monoisotopic (exact) mass is 167 g/mol. The summed E-state index contributed by atoms with van der Waals surface area (Å²) in [6.45, 7) is 12.7. The maximum Gasteiger partial charge on any atom is 0.136 e. The van der Waals surface area contributed by atoms with E-state index >= 15 is 0 Å². The number of rotatable bonds is 1. The molecule has 1 aliphatic heterocycles. The van der Waals surface area contributed by atoms with Gasteiger partial charge in [0.05, 0.1) is 0 Å². The molecule has 0 saturated carbocycles. The molecule has 1 unspecified atom stereocenters. The van der Waals surface area contributed by atoms with Gasteiger partial charge in [-0.1, -0.05) is 39.7 Å². The van der Waals surface area contributed by atoms with Crippen LogP contribution in [0.5, 0.6) is 0 Å². The summed E-state index contributed by atoms with van der Waals surface area (Å²) >= 11 is 0. The van der Waals surface area contributed by atoms with Crippen molar-refractivity contribution in [2.45, 2.75) is 46.2 Å². The molecule has 0 aromatic carbocycles. The highest BCUT2D eigenvalue weighted by Gasteiger charge is 2.28. The topological polar surface area (TPSA) is 12.0 Å². The van der Waals surface area contributed by atoms with Crippen molar-refractivity contribution in [3.63, 3.8) is 0 Å². The van der Waals surface area contributed by atoms with E-state index in [0.29, 0.717) is 5.41 Å². The minimum atomic E-state index is 0.505. The van der Waals surface area contributed by atoms with E-state index in [2.05, 4.69) is 32.8 Å². The summed E-state index contributed by atoms with van der Waals surface area (Å²) in [4.78, 5) is 0. The van der Waals surface area contributed by atoms with Crippen molar-refractivity contribution in [2.24, 2.45) is 5.41 Å². The Balaban J connectivity index is 2.54. The lowest BCUT2D eigenvalue weighted by Crippen LogP contribution is -2.27. The van der Waals surface area contributed by atoms with Gasteiger partial charge in [0.2, 0.25) is 0 Å². The van der Waals surface area contributed by atoms with Crippen molar-refractivity contribution in [1.82, 2.24) is 5.32 Å². The maximum atomic E-state index is 3.52. The van der Waals surface area contributed by atoms with Gasteiger partial charge in [0.1, 0.15) is 6.71 Å². The Hall–Kier alpha value is 0.0249. The van der Waals surface area contributed by atoms with Crippen molar-refractivity contribution in [1.29, 1.82) is 0 Å². The summed E-state index contributed by atoms with van der Waals surface area (Å²) in [5, 5.41) is 3.52. The van der Waals surface area contributed by atoms with E-state index in [9.17, 15) is 0 Å². The molecule has 70 valence electrons. The Morgan fingerprint density at radius 1 is 1.33 bits per heavy atom. The number of nitrogens with one attached hydrogen (secondary N) is 1. The zero-order valence-electron chi connectivity index (χ0n) is 8.98. The van der Waals surface area contributed by atoms with Gasteiger partial charge in [0.25, 0.3) is 0 Å². The first-order chi connectivity index (χ1) is 5.51. The molecule has 0 aromatic heterocycles. The highest BCUT2D eigenvalue weighted by Crippen LogP contribution is 2.34. The molecular formula is C10H22BN. The largest absolute Gasteiger partial charge is 0.316 e. The fraction of sp³-hybridized carbons (Fsp3) is 1.00. The average molecular weight is 167 g/mol. The van der Waals surface area contributed by atoms with E-state index in [-0.39, 0.29) is 0 Å². The van der Waals surface area contributed by atoms with Crippen LogP contribution in [0.15, 0.2) is 0 Å². The third kappa shape index (κ3) is 2.82. The number of hydrogen-bond donors (Lipinski definition) is 1. The lowest BCUT2D eigenvalue weighted by molar-refractivity contribution is 0.334. The summed E-state index contributed by atoms with van der Waals surface area (Å²) in [5.41, 5.74) is 0.505. The van der Waals surface area contributed by atoms with Crippen LogP contribution >= 0.6 is 0 Å². The molecule has 0 radical (unpaired) electrons. The molecule has 1 saturated heterocycles. The molecular weight excluding hydrogens is 145 g/mol. The van der Waals surface area contributed by atoms with Crippen molar-refractivity contribution >= 4 is 6.71 Å². The molecule has 1 aliphatic rings. The van der Waals surface area contributed by atoms with E-state index < -0.39 is 0 Å². The van der Waals surface area contributed by atoms with Crippen LogP contribution < -0.4 is 5.32 Å². The molecule has 1 nitrogen and oxygen atoms in total. The zero-order valence-corrected chi connectivity index (χ0v) is 8.98. The quantitative estimate of drug-likeness (QED) is 0.591. The van der Waals surface area contributed by atoms with Crippen molar-refractivity contribution in [3.8, 4) is 0 Å². The minimum absolute atomic E-state index is 0.505. The van der Waals surface area contributed by atoms with Crippen molar-refractivity contribution in [2.75, 3.05) is 13.1 Å². The molecule has 1 rings (SSSR count). The highest BCUT2D eigenvalue weighted by atomic mass is 14.9. The van der Waals surface area contributed by atoms with Gasteiger partial charge in [0, 0.05) is 6.54 Å². The van der Waals surface area contributed by atoms with Crippen LogP contribution in [0.3, 0.4) is 0 Å². The fourth-order valence-electron chi connectivity index (χ4n) is 2.17. The predicted molar refractivity (Wildman–Crippen MR) is 57.1 cm³/mol. The van der Waals surface area contributed by atoms with Gasteiger partial charge >= 0.3 is 0 Å². The Labute approximate surface area is 77.4 Å². The van der Waals surface area contributed by atoms with E-state index in [1.165, 1.54) is 25.9 Å². The third-order valence-electron chi connectivity index (χ3n) is 3.05. The molecule has 0 amide bonds. The van der Waals surface area contributed by atoms with Gasteiger partial charge in [-0.05, 0) is 18.4 Å². The summed E-state index contributed by atoms with van der Waals surface area (Å²) in [7, 11) is 0. The smallest absolute Gasteiger partial charge is 0.136 e. The van der Waals surface area contributed by atoms with Gasteiger partial charge in [-0.25, -0.2) is 0 Å². The van der Waals surface area contributed by atoms with Crippen LogP contribution in [-0.4, -0.2) is 19.8 Å². The first-order valence-corrected chi connectivity index (χ1v) is 5.22. The molecule has 0 bridgehead atoms. The van der Waals surface area contributed by atoms with Crippen LogP contribution in [0.4, 0.5) is 0 Å². The molecule has 1 atom stereocenters. The molecule has 1 N–H and O–H groups in total. The van der Waals surface area contributed by atoms with Gasteiger partial charge < -0.3 is 5.32 Å². The SMILES string of the molecule is CB(C)C1CCNCC(C)(C)C1. The van der Waals surface area contributed by atoms with Gasteiger partial charge in [-0.15, -0.1) is 0 Å². The molecule has 12 heavy (non-hydrogen) atoms. The second-order valence-electron chi connectivity index (χ2n) is 5.34. The maximum absolute atomic E-state index is 3.52. The normalized spacial score (nSPS) is 29.5. The Morgan fingerprint density at radius 3 is 2.58 bits per heavy atom. The van der Waals surface area contributed by atoms with E-state index in [4.69, 9.17) is 0 Å². The van der Waals surface area contributed by atoms with E-state index in [0.717, 1.165) is 12.5 Å². The second kappa shape index (κ2) is 3.82. The molecule has 2 heteroatoms. The summed E-state index contributed by atoms with van der Waals surface area (Å²) in [6.07, 6.45) is 2.75. The van der Waals surface area contributed by atoms with Gasteiger partial charge in [-0.2, -0.15) is 0 Å². The van der Waals surface area contributed by atoms with Gasteiger partial charge in [-0.3, -0.25) is 0 Å². The third-order valence-corrected chi connectivity index (χ3v) is 3.05. The Bertz CT molecular complexity index is 143. The second-order valence-corrected chi connectivity index (χ2v) is 5.34. The van der Waals surface area contributed by atoms with Crippen molar-refractivity contribution in [3.05, 3.63) is 0 Å². The van der Waals surface area contributed by atoms with E-state index in [1.54, 1.807) is 0 Å². The van der Waals surface area contributed by atoms with Crippen LogP contribution in [0.2, 0.25) is 19.5 Å². The molecule has 0 spiro atoms. The summed E-state index contributed by atoms with van der Waals surface area (Å²) in [6, 6.07) is 0. The first-order valence-electron chi connectivity index (χ1n) is 5.22. The van der Waals surface area contributed by atoms with Crippen molar-refractivity contribution < 1.29 is 0 Å². The molecule has 0 aliphatic carbocycles. The van der Waals surface area contributed by atoms with Crippen LogP contribution in [0, 0.1) is 5.41 Å². The summed E-state index contributed by atoms with van der Waals surface area (Å²) in [5.74, 6) is 0.926. The number of hydrogen-bond acceptors (Lipinski definition) is 1. The highest BCUT2D eigenvalue weighted by molar-refractivity contribution is 6.57. The van der Waals surface area contributed by atoms with Crippen LogP contribution in [-0.2, 0) is 0 Å². The Morgan fingerprint density at radius 2 is 2.00 bits per heavy atom. The minimum Gasteiger partial charge on any atom is -0.316 e. The Kier molecular flexibility index (Phi) is 3.22.